The molecule has 1 unspecified atom stereocenters. The maximum Gasteiger partial charge on any atom is 0.242 e. The molecule has 2 aromatic rings. The molecule has 2 aromatic heterocycles. The molecule has 1 N–H and O–H groups in total. The van der Waals surface area contributed by atoms with E-state index in [1.807, 2.05) is 12.3 Å². The van der Waals surface area contributed by atoms with Gasteiger partial charge in [0.2, 0.25) is 5.91 Å². The van der Waals surface area contributed by atoms with E-state index in [0.29, 0.717) is 30.7 Å². The van der Waals surface area contributed by atoms with Crippen molar-refractivity contribution in [1.29, 1.82) is 0 Å². The van der Waals surface area contributed by atoms with Gasteiger partial charge < -0.3 is 4.74 Å². The highest BCUT2D eigenvalue weighted by Crippen LogP contribution is 2.20. The zero-order valence-electron chi connectivity index (χ0n) is 12.5. The van der Waals surface area contributed by atoms with Crippen LogP contribution in [0.1, 0.15) is 17.8 Å². The first kappa shape index (κ1) is 15.1. The number of thiazole rings is 1. The molecule has 1 fully saturated rings. The van der Waals surface area contributed by atoms with Gasteiger partial charge >= 0.3 is 0 Å². The average molecular weight is 322 g/mol. The minimum Gasteiger partial charge on any atom is -0.367 e. The zero-order valence-corrected chi connectivity index (χ0v) is 13.3. The molecule has 9 heteroatoms. The molecule has 8 nitrogen and oxygen atoms in total. The molecule has 1 amide bonds. The van der Waals surface area contributed by atoms with Gasteiger partial charge in [0.15, 0.2) is 11.0 Å². The van der Waals surface area contributed by atoms with Crippen LogP contribution in [0.3, 0.4) is 0 Å². The van der Waals surface area contributed by atoms with E-state index in [1.165, 1.54) is 11.3 Å². The lowest BCUT2D eigenvalue weighted by molar-refractivity contribution is -0.121. The molecular weight excluding hydrogens is 304 g/mol. The van der Waals surface area contributed by atoms with Gasteiger partial charge in [-0.1, -0.05) is 0 Å². The highest BCUT2D eigenvalue weighted by atomic mass is 32.1. The van der Waals surface area contributed by atoms with Crippen LogP contribution < -0.4 is 4.90 Å². The Balaban J connectivity index is 1.59. The van der Waals surface area contributed by atoms with Crippen molar-refractivity contribution in [2.24, 2.45) is 0 Å². The van der Waals surface area contributed by atoms with E-state index in [9.17, 15) is 4.79 Å². The van der Waals surface area contributed by atoms with Crippen molar-refractivity contribution in [3.05, 3.63) is 23.2 Å². The highest BCUT2D eigenvalue weighted by molar-refractivity contribution is 7.13. The molecule has 1 saturated heterocycles. The SMILES string of the molecule is Cc1nc(C2CN(CC(=O)N(C)c3nccs3)CCO2)n[nH]1. The van der Waals surface area contributed by atoms with Gasteiger partial charge in [0, 0.05) is 31.7 Å². The molecule has 118 valence electrons. The van der Waals surface area contributed by atoms with Crippen molar-refractivity contribution >= 4 is 22.4 Å². The number of H-pyrrole nitrogens is 1. The number of aromatic amines is 1. The van der Waals surface area contributed by atoms with Crippen LogP contribution in [0, 0.1) is 6.92 Å². The van der Waals surface area contributed by atoms with Crippen LogP contribution >= 0.6 is 11.3 Å². The number of nitrogens with one attached hydrogen (secondary N) is 1. The van der Waals surface area contributed by atoms with E-state index in [0.717, 1.165) is 12.4 Å². The summed E-state index contributed by atoms with van der Waals surface area (Å²) < 4.78 is 5.70. The van der Waals surface area contributed by atoms with E-state index >= 15 is 0 Å². The maximum absolute atomic E-state index is 12.3. The molecule has 0 aromatic carbocycles. The Labute approximate surface area is 132 Å². The first-order valence-corrected chi connectivity index (χ1v) is 7.90. The summed E-state index contributed by atoms with van der Waals surface area (Å²) in [6.07, 6.45) is 1.50. The Morgan fingerprint density at radius 3 is 3.18 bits per heavy atom. The molecule has 3 rings (SSSR count). The van der Waals surface area contributed by atoms with Crippen LogP contribution in [0.25, 0.3) is 0 Å². The number of hydrogen-bond donors (Lipinski definition) is 1. The predicted molar refractivity (Wildman–Crippen MR) is 81.8 cm³/mol. The van der Waals surface area contributed by atoms with E-state index in [4.69, 9.17) is 4.74 Å². The molecule has 0 saturated carbocycles. The van der Waals surface area contributed by atoms with Gasteiger partial charge in [-0.05, 0) is 6.92 Å². The Hall–Kier alpha value is -1.84. The number of ether oxygens (including phenoxy) is 1. The third-order valence-corrected chi connectivity index (χ3v) is 4.34. The van der Waals surface area contributed by atoms with Gasteiger partial charge in [-0.25, -0.2) is 9.97 Å². The van der Waals surface area contributed by atoms with Gasteiger partial charge in [0.1, 0.15) is 11.9 Å². The Bertz CT molecular complexity index is 628. The lowest BCUT2D eigenvalue weighted by Crippen LogP contribution is -2.45. The van der Waals surface area contributed by atoms with Crippen LogP contribution in [0.15, 0.2) is 11.6 Å². The van der Waals surface area contributed by atoms with Crippen LogP contribution in [0.5, 0.6) is 0 Å². The second-order valence-electron chi connectivity index (χ2n) is 5.14. The summed E-state index contributed by atoms with van der Waals surface area (Å²) in [7, 11) is 1.75. The van der Waals surface area contributed by atoms with Crippen molar-refractivity contribution in [3.63, 3.8) is 0 Å². The third-order valence-electron chi connectivity index (χ3n) is 3.49. The summed E-state index contributed by atoms with van der Waals surface area (Å²) in [5.74, 6) is 1.42. The van der Waals surface area contributed by atoms with Crippen molar-refractivity contribution in [3.8, 4) is 0 Å². The summed E-state index contributed by atoms with van der Waals surface area (Å²) in [4.78, 5) is 24.4. The largest absolute Gasteiger partial charge is 0.367 e. The van der Waals surface area contributed by atoms with Crippen molar-refractivity contribution in [2.75, 3.05) is 38.2 Å². The predicted octanol–water partition coefficient (Wildman–Crippen LogP) is 0.606. The smallest absolute Gasteiger partial charge is 0.242 e. The van der Waals surface area contributed by atoms with Gasteiger partial charge in [-0.3, -0.25) is 19.7 Å². The average Bonchev–Trinajstić information content (AvgIpc) is 3.18. The molecular formula is C13H18N6O2S. The van der Waals surface area contributed by atoms with Crippen molar-refractivity contribution in [1.82, 2.24) is 25.1 Å². The molecule has 0 spiro atoms. The first-order chi connectivity index (χ1) is 10.6. The second-order valence-corrected chi connectivity index (χ2v) is 6.01. The van der Waals surface area contributed by atoms with E-state index < -0.39 is 0 Å². The highest BCUT2D eigenvalue weighted by Gasteiger charge is 2.27. The van der Waals surface area contributed by atoms with Crippen LogP contribution in [0.4, 0.5) is 5.13 Å². The molecule has 1 aliphatic rings. The van der Waals surface area contributed by atoms with Crippen molar-refractivity contribution in [2.45, 2.75) is 13.0 Å². The second kappa shape index (κ2) is 6.51. The van der Waals surface area contributed by atoms with E-state index in [-0.39, 0.29) is 12.0 Å². The summed E-state index contributed by atoms with van der Waals surface area (Å²) >= 11 is 1.45. The molecule has 1 aliphatic heterocycles. The fourth-order valence-electron chi connectivity index (χ4n) is 2.29. The zero-order chi connectivity index (χ0) is 15.5. The van der Waals surface area contributed by atoms with Crippen LogP contribution in [0.2, 0.25) is 0 Å². The molecule has 0 aliphatic carbocycles. The quantitative estimate of drug-likeness (QED) is 0.887. The van der Waals surface area contributed by atoms with E-state index in [1.54, 1.807) is 18.1 Å². The number of nitrogens with zero attached hydrogens (tertiary/aromatic N) is 5. The summed E-state index contributed by atoms with van der Waals surface area (Å²) in [5, 5.41) is 9.52. The number of morpholine rings is 1. The number of likely N-dealkylation sites (N-methyl/N-ethyl adjacent to an activating group) is 1. The topological polar surface area (TPSA) is 87.2 Å². The fraction of sp³-hybridized carbons (Fsp3) is 0.538. The van der Waals surface area contributed by atoms with Gasteiger partial charge in [0.25, 0.3) is 0 Å². The summed E-state index contributed by atoms with van der Waals surface area (Å²) in [6, 6.07) is 0. The molecule has 22 heavy (non-hydrogen) atoms. The van der Waals surface area contributed by atoms with Gasteiger partial charge in [-0.15, -0.1) is 11.3 Å². The number of anilines is 1. The lowest BCUT2D eigenvalue weighted by Gasteiger charge is -2.31. The lowest BCUT2D eigenvalue weighted by atomic mass is 10.2. The minimum absolute atomic E-state index is 0.0155. The number of carbonyl (C=O) groups excluding carboxylic acids is 1. The molecule has 1 atom stereocenters. The van der Waals surface area contributed by atoms with E-state index in [2.05, 4.69) is 25.1 Å². The van der Waals surface area contributed by atoms with Gasteiger partial charge in [-0.2, -0.15) is 5.10 Å². The molecule has 0 bridgehead atoms. The number of carbonyl (C=O) groups is 1. The summed E-state index contributed by atoms with van der Waals surface area (Å²) in [5.41, 5.74) is 0. The molecule has 3 heterocycles. The summed E-state index contributed by atoms with van der Waals surface area (Å²) in [6.45, 7) is 4.07. The number of hydrogen-bond acceptors (Lipinski definition) is 7. The number of aryl methyl sites for hydroxylation is 1. The van der Waals surface area contributed by atoms with Crippen LogP contribution in [-0.4, -0.2) is 64.3 Å². The first-order valence-electron chi connectivity index (χ1n) is 7.02. The number of aromatic nitrogens is 4. The van der Waals surface area contributed by atoms with Crippen molar-refractivity contribution < 1.29 is 9.53 Å². The third kappa shape index (κ3) is 3.32. The Kier molecular flexibility index (Phi) is 4.46. The number of amides is 1. The minimum atomic E-state index is -0.198. The monoisotopic (exact) mass is 322 g/mol. The Morgan fingerprint density at radius 1 is 1.64 bits per heavy atom. The normalized spacial score (nSPS) is 19.3. The van der Waals surface area contributed by atoms with Crippen LogP contribution in [-0.2, 0) is 9.53 Å². The number of rotatable bonds is 4. The maximum atomic E-state index is 12.3. The standard InChI is InChI=1S/C13H18N6O2S/c1-9-15-12(17-16-9)10-7-19(4-5-21-10)8-11(20)18(2)13-14-3-6-22-13/h3,6,10H,4-5,7-8H2,1-2H3,(H,15,16,17). The fourth-order valence-corrected chi connectivity index (χ4v) is 2.92. The molecule has 0 radical (unpaired) electrons. The Morgan fingerprint density at radius 2 is 2.50 bits per heavy atom. The van der Waals surface area contributed by atoms with Gasteiger partial charge in [0.05, 0.1) is 13.2 Å².